The predicted octanol–water partition coefficient (Wildman–Crippen LogP) is 3.92. The van der Waals surface area contributed by atoms with E-state index in [1.807, 2.05) is 0 Å². The Hall–Kier alpha value is -2.60. The molecule has 2 atom stereocenters. The number of carbonyl (C=O) groups excluding carboxylic acids is 1. The molecule has 0 saturated heterocycles. The fourth-order valence-electron chi connectivity index (χ4n) is 2.50. The number of aliphatic carboxylic acids is 1. The molecule has 2 aromatic rings. The summed E-state index contributed by atoms with van der Waals surface area (Å²) in [5.41, 5.74) is 1.09. The highest BCUT2D eigenvalue weighted by atomic mass is 35.5. The van der Waals surface area contributed by atoms with Gasteiger partial charge in [-0.3, -0.25) is 9.59 Å². The fraction of sp³-hybridized carbons (Fsp3) is 0.263. The maximum absolute atomic E-state index is 13.7. The molecule has 0 fully saturated rings. The number of hydrogen-bond donors (Lipinski definition) is 2. The highest BCUT2D eigenvalue weighted by Crippen LogP contribution is 2.25. The van der Waals surface area contributed by atoms with E-state index in [0.717, 1.165) is 11.6 Å². The molecule has 0 aliphatic carbocycles. The van der Waals surface area contributed by atoms with E-state index in [0.29, 0.717) is 11.3 Å². The van der Waals surface area contributed by atoms with Crippen molar-refractivity contribution in [2.75, 3.05) is 7.11 Å². The van der Waals surface area contributed by atoms with Crippen LogP contribution in [0.5, 0.6) is 5.75 Å². The third-order valence-electron chi connectivity index (χ3n) is 4.05. The molecule has 5 nitrogen and oxygen atoms in total. The van der Waals surface area contributed by atoms with Crippen molar-refractivity contribution in [3.05, 3.63) is 64.4 Å². The monoisotopic (exact) mass is 379 g/mol. The topological polar surface area (TPSA) is 75.6 Å². The first-order valence-corrected chi connectivity index (χ1v) is 8.30. The quantitative estimate of drug-likeness (QED) is 0.764. The van der Waals surface area contributed by atoms with E-state index >= 15 is 0 Å². The molecule has 0 heterocycles. The van der Waals surface area contributed by atoms with E-state index in [1.165, 1.54) is 12.1 Å². The van der Waals surface area contributed by atoms with E-state index in [9.17, 15) is 14.0 Å². The number of benzene rings is 2. The molecule has 0 radical (unpaired) electrons. The number of ether oxygens (including phenoxy) is 1. The molecule has 2 aromatic carbocycles. The lowest BCUT2D eigenvalue weighted by Crippen LogP contribution is -2.33. The smallest absolute Gasteiger partial charge is 0.305 e. The number of halogens is 2. The van der Waals surface area contributed by atoms with Crippen LogP contribution in [0.15, 0.2) is 42.5 Å². The van der Waals surface area contributed by atoms with Crippen LogP contribution in [0.3, 0.4) is 0 Å². The zero-order valence-corrected chi connectivity index (χ0v) is 15.1. The normalized spacial score (nSPS) is 12.9. The molecule has 2 unspecified atom stereocenters. The first-order valence-electron chi connectivity index (χ1n) is 7.93. The van der Waals surface area contributed by atoms with Gasteiger partial charge in [-0.1, -0.05) is 29.8 Å². The van der Waals surface area contributed by atoms with Crippen LogP contribution in [0, 0.1) is 5.82 Å². The summed E-state index contributed by atoms with van der Waals surface area (Å²) < 4.78 is 18.8. The number of rotatable bonds is 7. The zero-order valence-electron chi connectivity index (χ0n) is 14.3. The van der Waals surface area contributed by atoms with Gasteiger partial charge < -0.3 is 15.2 Å². The minimum atomic E-state index is -1.11. The summed E-state index contributed by atoms with van der Waals surface area (Å²) in [4.78, 5) is 23.7. The number of methoxy groups -OCH3 is 1. The number of amides is 1. The third kappa shape index (κ3) is 4.95. The first-order chi connectivity index (χ1) is 12.3. The van der Waals surface area contributed by atoms with Crippen LogP contribution in [0.4, 0.5) is 4.39 Å². The lowest BCUT2D eigenvalue weighted by Gasteiger charge is -2.21. The molecule has 26 heavy (non-hydrogen) atoms. The Bertz CT molecular complexity index is 795. The molecule has 2 N–H and O–H groups in total. The van der Waals surface area contributed by atoms with Crippen molar-refractivity contribution in [1.29, 1.82) is 0 Å². The first kappa shape index (κ1) is 19.7. The molecule has 0 aliphatic heterocycles. The molecule has 2 rings (SSSR count). The Morgan fingerprint density at radius 2 is 1.81 bits per heavy atom. The summed E-state index contributed by atoms with van der Waals surface area (Å²) in [5, 5.41) is 11.7. The average molecular weight is 380 g/mol. The summed E-state index contributed by atoms with van der Waals surface area (Å²) in [5.74, 6) is -1.99. The molecule has 0 bridgehead atoms. The lowest BCUT2D eigenvalue weighted by atomic mass is 9.98. The summed E-state index contributed by atoms with van der Waals surface area (Å²) in [7, 11) is 1.55. The highest BCUT2D eigenvalue weighted by molar-refractivity contribution is 6.30. The van der Waals surface area contributed by atoms with Gasteiger partial charge in [-0.2, -0.15) is 0 Å². The van der Waals surface area contributed by atoms with Gasteiger partial charge in [0.25, 0.3) is 0 Å². The molecule has 138 valence electrons. The third-order valence-corrected chi connectivity index (χ3v) is 4.36. The largest absolute Gasteiger partial charge is 0.497 e. The molecule has 0 aliphatic rings. The second-order valence-electron chi connectivity index (χ2n) is 5.83. The summed E-state index contributed by atoms with van der Waals surface area (Å²) >= 11 is 5.66. The summed E-state index contributed by atoms with van der Waals surface area (Å²) in [6, 6.07) is 10.1. The van der Waals surface area contributed by atoms with Gasteiger partial charge in [-0.05, 0) is 42.3 Å². The van der Waals surface area contributed by atoms with Crippen LogP contribution in [0.2, 0.25) is 5.02 Å². The average Bonchev–Trinajstić information content (AvgIpc) is 2.62. The Kier molecular flexibility index (Phi) is 6.58. The second kappa shape index (κ2) is 8.67. The van der Waals surface area contributed by atoms with Crippen LogP contribution in [0.1, 0.15) is 36.4 Å². The Balaban J connectivity index is 2.19. The van der Waals surface area contributed by atoms with Crippen molar-refractivity contribution in [1.82, 2.24) is 5.32 Å². The number of nitrogens with one attached hydrogen (secondary N) is 1. The van der Waals surface area contributed by atoms with Gasteiger partial charge in [-0.25, -0.2) is 4.39 Å². The van der Waals surface area contributed by atoms with Gasteiger partial charge >= 0.3 is 5.97 Å². The molecular formula is C19H19ClFNO4. The highest BCUT2D eigenvalue weighted by Gasteiger charge is 2.23. The minimum Gasteiger partial charge on any atom is -0.497 e. The number of carbonyl (C=O) groups is 2. The van der Waals surface area contributed by atoms with Crippen LogP contribution in [0.25, 0.3) is 0 Å². The maximum atomic E-state index is 13.7. The van der Waals surface area contributed by atoms with Crippen molar-refractivity contribution in [2.24, 2.45) is 0 Å². The van der Waals surface area contributed by atoms with Crippen LogP contribution >= 0.6 is 11.6 Å². The minimum absolute atomic E-state index is 0.0687. The Labute approximate surface area is 155 Å². The fourth-order valence-corrected chi connectivity index (χ4v) is 2.61. The van der Waals surface area contributed by atoms with Crippen molar-refractivity contribution in [3.63, 3.8) is 0 Å². The predicted molar refractivity (Wildman–Crippen MR) is 96.0 cm³/mol. The molecule has 7 heteroatoms. The molecular weight excluding hydrogens is 361 g/mol. The molecule has 0 spiro atoms. The van der Waals surface area contributed by atoms with Crippen molar-refractivity contribution >= 4 is 23.5 Å². The van der Waals surface area contributed by atoms with Gasteiger partial charge in [0.05, 0.1) is 30.5 Å². The summed E-state index contributed by atoms with van der Waals surface area (Å²) in [6.45, 7) is 1.71. The van der Waals surface area contributed by atoms with Gasteiger partial charge in [0.1, 0.15) is 11.6 Å². The zero-order chi connectivity index (χ0) is 19.3. The van der Waals surface area contributed by atoms with E-state index in [1.54, 1.807) is 38.3 Å². The van der Waals surface area contributed by atoms with Gasteiger partial charge in [0.2, 0.25) is 5.91 Å². The summed E-state index contributed by atoms with van der Waals surface area (Å²) in [6.07, 6.45) is -0.373. The van der Waals surface area contributed by atoms with E-state index < -0.39 is 23.7 Å². The van der Waals surface area contributed by atoms with Crippen LogP contribution < -0.4 is 10.1 Å². The van der Waals surface area contributed by atoms with Crippen LogP contribution in [-0.2, 0) is 9.59 Å². The number of carboxylic acids is 1. The van der Waals surface area contributed by atoms with Gasteiger partial charge in [-0.15, -0.1) is 0 Å². The standard InChI is InChI=1S/C19H19ClFNO4/c1-11(12-3-6-14(26-2)7-4-12)19(25)22-17(10-18(23)24)13-5-8-15(20)16(21)9-13/h3-9,11,17H,10H2,1-2H3,(H,22,25)(H,23,24). The number of carboxylic acid groups (broad SMARTS) is 1. The Morgan fingerprint density at radius 1 is 1.19 bits per heavy atom. The van der Waals surface area contributed by atoms with Crippen molar-refractivity contribution < 1.29 is 23.8 Å². The van der Waals surface area contributed by atoms with Crippen LogP contribution in [-0.4, -0.2) is 24.1 Å². The van der Waals surface area contributed by atoms with E-state index in [-0.39, 0.29) is 17.4 Å². The molecule has 1 amide bonds. The van der Waals surface area contributed by atoms with E-state index in [2.05, 4.69) is 5.32 Å². The Morgan fingerprint density at radius 3 is 2.35 bits per heavy atom. The van der Waals surface area contributed by atoms with Gasteiger partial charge in [0.15, 0.2) is 0 Å². The second-order valence-corrected chi connectivity index (χ2v) is 6.23. The van der Waals surface area contributed by atoms with Crippen molar-refractivity contribution in [3.8, 4) is 5.75 Å². The molecule has 0 aromatic heterocycles. The number of hydrogen-bond acceptors (Lipinski definition) is 3. The van der Waals surface area contributed by atoms with Crippen molar-refractivity contribution in [2.45, 2.75) is 25.3 Å². The SMILES string of the molecule is COc1ccc(C(C)C(=O)NC(CC(=O)O)c2ccc(Cl)c(F)c2)cc1. The van der Waals surface area contributed by atoms with E-state index in [4.69, 9.17) is 21.4 Å². The lowest BCUT2D eigenvalue weighted by molar-refractivity contribution is -0.137. The van der Waals surface area contributed by atoms with Gasteiger partial charge in [0, 0.05) is 0 Å². The maximum Gasteiger partial charge on any atom is 0.305 e. The molecule has 0 saturated carbocycles.